The molecule has 1 heterocycles. The van der Waals surface area contributed by atoms with Crippen molar-refractivity contribution in [3.8, 4) is 0 Å². The Morgan fingerprint density at radius 1 is 1.00 bits per heavy atom. The fourth-order valence-corrected chi connectivity index (χ4v) is 2.76. The first-order valence-electron chi connectivity index (χ1n) is 8.12. The smallest absolute Gasteiger partial charge is 0.186 e. The van der Waals surface area contributed by atoms with Crippen molar-refractivity contribution in [1.82, 2.24) is 9.97 Å². The Bertz CT molecular complexity index is 837. The summed E-state index contributed by atoms with van der Waals surface area (Å²) in [5.74, 6) is 0. The summed E-state index contributed by atoms with van der Waals surface area (Å²) in [6.45, 7) is 7.01. The Morgan fingerprint density at radius 3 is 2.52 bits per heavy atom. The van der Waals surface area contributed by atoms with Crippen LogP contribution in [0.3, 0.4) is 0 Å². The Balaban J connectivity index is 2.01. The average molecular weight is 324 g/mol. The molecule has 118 valence electrons. The fraction of sp³-hybridized carbons (Fsp3) is 0.222. The summed E-state index contributed by atoms with van der Waals surface area (Å²) in [4.78, 5) is 10.6. The van der Waals surface area contributed by atoms with Crippen molar-refractivity contribution < 1.29 is 5.80 Å². The molecule has 0 aliphatic carbocycles. The van der Waals surface area contributed by atoms with Gasteiger partial charge in [-0.2, -0.15) is 0 Å². The first-order valence-corrected chi connectivity index (χ1v) is 11.0. The van der Waals surface area contributed by atoms with Gasteiger partial charge in [0.25, 0.3) is 0 Å². The SMILES string of the molecule is [2H]c1cnc2ccc(N(CO[Si](C)(C)C)c3ccccc3)cc2n1. The van der Waals surface area contributed by atoms with Crippen molar-refractivity contribution >= 4 is 30.7 Å². The molecule has 0 saturated heterocycles. The molecule has 5 heteroatoms. The molecule has 0 aliphatic heterocycles. The van der Waals surface area contributed by atoms with E-state index >= 15 is 0 Å². The standard InChI is InChI=1S/C18H21N3OSi/c1-23(2,3)22-14-21(15-7-5-4-6-8-15)16-9-10-17-18(13-16)20-12-11-19-17/h4-13H,14H2,1-3H3/i12D. The molecule has 0 fully saturated rings. The van der Waals surface area contributed by atoms with Crippen molar-refractivity contribution in [2.75, 3.05) is 11.6 Å². The molecule has 0 bridgehead atoms. The van der Waals surface area contributed by atoms with Gasteiger partial charge in [0.05, 0.1) is 12.4 Å². The van der Waals surface area contributed by atoms with Gasteiger partial charge < -0.3 is 9.33 Å². The summed E-state index contributed by atoms with van der Waals surface area (Å²) in [7, 11) is -1.65. The molecule has 3 aromatic rings. The van der Waals surface area contributed by atoms with E-state index in [0.29, 0.717) is 12.2 Å². The van der Waals surface area contributed by atoms with Gasteiger partial charge in [-0.05, 0) is 50.0 Å². The third kappa shape index (κ3) is 3.94. The molecule has 1 aromatic heterocycles. The largest absolute Gasteiger partial charge is 0.400 e. The van der Waals surface area contributed by atoms with E-state index in [-0.39, 0.29) is 6.17 Å². The van der Waals surface area contributed by atoms with Crippen LogP contribution in [0.25, 0.3) is 11.0 Å². The van der Waals surface area contributed by atoms with Crippen molar-refractivity contribution in [2.24, 2.45) is 0 Å². The lowest BCUT2D eigenvalue weighted by atomic mass is 10.2. The van der Waals surface area contributed by atoms with Crippen molar-refractivity contribution in [2.45, 2.75) is 19.6 Å². The maximum Gasteiger partial charge on any atom is 0.186 e. The molecular weight excluding hydrogens is 302 g/mol. The zero-order valence-electron chi connectivity index (χ0n) is 14.7. The number of para-hydroxylation sites is 1. The number of rotatable bonds is 5. The van der Waals surface area contributed by atoms with Crippen LogP contribution >= 0.6 is 0 Å². The maximum absolute atomic E-state index is 7.68. The normalized spacial score (nSPS) is 12.2. The molecule has 0 spiro atoms. The van der Waals surface area contributed by atoms with E-state index in [0.717, 1.165) is 16.9 Å². The van der Waals surface area contributed by atoms with Gasteiger partial charge in [-0.1, -0.05) is 18.2 Å². The fourth-order valence-electron chi connectivity index (χ4n) is 2.24. The lowest BCUT2D eigenvalue weighted by Gasteiger charge is -2.28. The summed E-state index contributed by atoms with van der Waals surface area (Å²) in [5, 5.41) is 0. The number of hydrogen-bond donors (Lipinski definition) is 0. The molecule has 2 aromatic carbocycles. The molecule has 3 rings (SSSR count). The summed E-state index contributed by atoms with van der Waals surface area (Å²) in [6, 6.07) is 16.1. The zero-order chi connectivity index (χ0) is 17.2. The lowest BCUT2D eigenvalue weighted by Crippen LogP contribution is -2.32. The van der Waals surface area contributed by atoms with Crippen LogP contribution in [-0.4, -0.2) is 25.0 Å². The van der Waals surface area contributed by atoms with Gasteiger partial charge in [0.2, 0.25) is 0 Å². The molecule has 0 aliphatic rings. The summed E-state index contributed by atoms with van der Waals surface area (Å²) in [5.41, 5.74) is 3.54. The molecule has 0 amide bonds. The van der Waals surface area contributed by atoms with Gasteiger partial charge in [-0.15, -0.1) is 0 Å². The van der Waals surface area contributed by atoms with E-state index in [4.69, 9.17) is 5.80 Å². The van der Waals surface area contributed by atoms with E-state index < -0.39 is 8.32 Å². The number of aromatic nitrogens is 2. The minimum atomic E-state index is -1.65. The van der Waals surface area contributed by atoms with E-state index in [1.54, 1.807) is 0 Å². The highest BCUT2D eigenvalue weighted by Gasteiger charge is 2.18. The second-order valence-corrected chi connectivity index (χ2v) is 10.8. The van der Waals surface area contributed by atoms with Crippen LogP contribution in [0, 0.1) is 0 Å². The van der Waals surface area contributed by atoms with Gasteiger partial charge in [0.1, 0.15) is 6.73 Å². The van der Waals surface area contributed by atoms with Gasteiger partial charge >= 0.3 is 0 Å². The van der Waals surface area contributed by atoms with Crippen LogP contribution in [-0.2, 0) is 4.43 Å². The van der Waals surface area contributed by atoms with E-state index in [1.807, 2.05) is 36.4 Å². The van der Waals surface area contributed by atoms with Crippen molar-refractivity contribution in [1.29, 1.82) is 0 Å². The Hall–Kier alpha value is -2.24. The third-order valence-electron chi connectivity index (χ3n) is 3.41. The Morgan fingerprint density at radius 2 is 1.78 bits per heavy atom. The summed E-state index contributed by atoms with van der Waals surface area (Å²) in [6.07, 6.45) is 1.63. The van der Waals surface area contributed by atoms with Crippen LogP contribution in [0.15, 0.2) is 60.9 Å². The minimum absolute atomic E-state index is 0.171. The first kappa shape index (κ1) is 14.4. The molecule has 0 N–H and O–H groups in total. The van der Waals surface area contributed by atoms with Crippen molar-refractivity contribution in [3.05, 3.63) is 60.9 Å². The molecule has 0 radical (unpaired) electrons. The van der Waals surface area contributed by atoms with Crippen molar-refractivity contribution in [3.63, 3.8) is 0 Å². The predicted molar refractivity (Wildman–Crippen MR) is 97.4 cm³/mol. The highest BCUT2D eigenvalue weighted by Crippen LogP contribution is 2.27. The van der Waals surface area contributed by atoms with Crippen LogP contribution in [0.5, 0.6) is 0 Å². The van der Waals surface area contributed by atoms with E-state index in [1.165, 1.54) is 6.20 Å². The third-order valence-corrected chi connectivity index (χ3v) is 4.41. The summed E-state index contributed by atoms with van der Waals surface area (Å²) >= 11 is 0. The monoisotopic (exact) mass is 324 g/mol. The number of anilines is 2. The molecule has 0 unspecified atom stereocenters. The Kier molecular flexibility index (Phi) is 4.04. The number of nitrogens with zero attached hydrogens (tertiary/aromatic N) is 3. The second-order valence-electron chi connectivity index (χ2n) is 6.32. The van der Waals surface area contributed by atoms with Crippen LogP contribution in [0.2, 0.25) is 19.6 Å². The predicted octanol–water partition coefficient (Wildman–Crippen LogP) is 4.58. The van der Waals surface area contributed by atoms with Gasteiger partial charge in [0, 0.05) is 23.7 Å². The maximum atomic E-state index is 7.68. The van der Waals surface area contributed by atoms with Crippen LogP contribution in [0.4, 0.5) is 11.4 Å². The van der Waals surface area contributed by atoms with E-state index in [2.05, 4.69) is 46.6 Å². The van der Waals surface area contributed by atoms with Gasteiger partial charge in [0.15, 0.2) is 8.32 Å². The number of hydrogen-bond acceptors (Lipinski definition) is 4. The topological polar surface area (TPSA) is 38.2 Å². The molecule has 0 atom stereocenters. The number of benzene rings is 2. The average Bonchev–Trinajstić information content (AvgIpc) is 2.54. The molecule has 4 nitrogen and oxygen atoms in total. The molecular formula is C18H21N3OSi. The minimum Gasteiger partial charge on any atom is -0.400 e. The summed E-state index contributed by atoms with van der Waals surface area (Å²) < 4.78 is 13.8. The number of fused-ring (bicyclic) bond motifs is 1. The van der Waals surface area contributed by atoms with Gasteiger partial charge in [-0.3, -0.25) is 9.97 Å². The molecule has 23 heavy (non-hydrogen) atoms. The van der Waals surface area contributed by atoms with Gasteiger partial charge in [-0.25, -0.2) is 0 Å². The highest BCUT2D eigenvalue weighted by atomic mass is 28.4. The quantitative estimate of drug-likeness (QED) is 0.509. The Labute approximate surface area is 139 Å². The first-order chi connectivity index (χ1) is 11.4. The van der Waals surface area contributed by atoms with Crippen LogP contribution in [0.1, 0.15) is 1.37 Å². The zero-order valence-corrected chi connectivity index (χ0v) is 14.7. The second kappa shape index (κ2) is 6.48. The molecule has 0 saturated carbocycles. The highest BCUT2D eigenvalue weighted by molar-refractivity contribution is 6.69. The van der Waals surface area contributed by atoms with Crippen LogP contribution < -0.4 is 4.90 Å². The lowest BCUT2D eigenvalue weighted by molar-refractivity contribution is 0.321. The van der Waals surface area contributed by atoms with E-state index in [9.17, 15) is 0 Å².